The summed E-state index contributed by atoms with van der Waals surface area (Å²) in [5.41, 5.74) is 1.30. The van der Waals surface area contributed by atoms with Gasteiger partial charge in [-0.1, -0.05) is 30.3 Å². The lowest BCUT2D eigenvalue weighted by molar-refractivity contribution is -0.130. The fraction of sp³-hybridized carbons (Fsp3) is 0.588. The Balaban J connectivity index is 1.79. The van der Waals surface area contributed by atoms with Crippen molar-refractivity contribution in [1.29, 1.82) is 0 Å². The van der Waals surface area contributed by atoms with Crippen LogP contribution in [-0.4, -0.2) is 41.6 Å². The maximum atomic E-state index is 12.5. The molecule has 3 nitrogen and oxygen atoms in total. The average Bonchev–Trinajstić information content (AvgIpc) is 2.77. The fourth-order valence-electron chi connectivity index (χ4n) is 2.84. The van der Waals surface area contributed by atoms with Gasteiger partial charge in [-0.05, 0) is 50.2 Å². The lowest BCUT2D eigenvalue weighted by atomic mass is 10.1. The Bertz CT molecular complexity index is 438. The van der Waals surface area contributed by atoms with E-state index in [0.29, 0.717) is 0 Å². The molecule has 116 valence electrons. The summed E-state index contributed by atoms with van der Waals surface area (Å²) in [5.74, 6) is 1.46. The topological polar surface area (TPSA) is 32.3 Å². The number of aryl methyl sites for hydroxylation is 1. The number of hydrogen-bond donors (Lipinski definition) is 1. The van der Waals surface area contributed by atoms with Crippen molar-refractivity contribution in [3.8, 4) is 0 Å². The van der Waals surface area contributed by atoms with Crippen LogP contribution in [0.2, 0.25) is 0 Å². The van der Waals surface area contributed by atoms with Crippen molar-refractivity contribution in [2.45, 2.75) is 44.8 Å². The number of rotatable bonds is 8. The van der Waals surface area contributed by atoms with E-state index in [0.717, 1.165) is 25.8 Å². The minimum absolute atomic E-state index is 0.0132. The van der Waals surface area contributed by atoms with E-state index in [2.05, 4.69) is 42.8 Å². The molecular weight excluding hydrogens is 280 g/mol. The van der Waals surface area contributed by atoms with Gasteiger partial charge in [0.1, 0.15) is 0 Å². The number of amides is 1. The van der Waals surface area contributed by atoms with Crippen molar-refractivity contribution >= 4 is 17.7 Å². The van der Waals surface area contributed by atoms with E-state index in [1.807, 2.05) is 22.7 Å². The quantitative estimate of drug-likeness (QED) is 0.750. The van der Waals surface area contributed by atoms with Gasteiger partial charge in [0.25, 0.3) is 0 Å². The summed E-state index contributed by atoms with van der Waals surface area (Å²) in [5, 5.41) is 3.44. The van der Waals surface area contributed by atoms with Crippen LogP contribution >= 0.6 is 11.8 Å². The second-order valence-electron chi connectivity index (χ2n) is 5.65. The summed E-state index contributed by atoms with van der Waals surface area (Å²) in [6.07, 6.45) is 6.43. The van der Waals surface area contributed by atoms with Gasteiger partial charge in [-0.2, -0.15) is 11.8 Å². The first-order valence-corrected chi connectivity index (χ1v) is 9.21. The molecule has 0 bridgehead atoms. The highest BCUT2D eigenvalue weighted by Gasteiger charge is 2.35. The van der Waals surface area contributed by atoms with Gasteiger partial charge in [0, 0.05) is 6.54 Å². The van der Waals surface area contributed by atoms with E-state index in [4.69, 9.17) is 0 Å². The maximum Gasteiger partial charge on any atom is 0.241 e. The van der Waals surface area contributed by atoms with Crippen LogP contribution in [-0.2, 0) is 11.2 Å². The van der Waals surface area contributed by atoms with Gasteiger partial charge in [-0.15, -0.1) is 0 Å². The number of nitrogens with zero attached hydrogens (tertiary/aromatic N) is 1. The number of hydrogen-bond acceptors (Lipinski definition) is 3. The third-order valence-electron chi connectivity index (χ3n) is 4.05. The smallest absolute Gasteiger partial charge is 0.241 e. The molecule has 1 aromatic carbocycles. The summed E-state index contributed by atoms with van der Waals surface area (Å²) >= 11 is 1.87. The third kappa shape index (κ3) is 4.75. The van der Waals surface area contributed by atoms with E-state index in [1.54, 1.807) is 0 Å². The first kappa shape index (κ1) is 16.4. The Morgan fingerprint density at radius 1 is 1.24 bits per heavy atom. The van der Waals surface area contributed by atoms with Crippen molar-refractivity contribution in [3.05, 3.63) is 35.9 Å². The molecule has 1 saturated heterocycles. The van der Waals surface area contributed by atoms with E-state index in [1.165, 1.54) is 17.7 Å². The molecule has 0 aliphatic carbocycles. The largest absolute Gasteiger partial charge is 0.326 e. The number of carbonyl (C=O) groups excluding carboxylic acids is 1. The van der Waals surface area contributed by atoms with Crippen molar-refractivity contribution in [2.75, 3.05) is 18.6 Å². The standard InChI is InChI=1S/C17H26N2OS/c1-14-18-16(11-10-15-8-4-3-5-9-15)17(20)19(14)12-6-7-13-21-2/h3-5,8-9,14,16,18H,6-7,10-13H2,1-2H3. The van der Waals surface area contributed by atoms with Crippen LogP contribution < -0.4 is 5.32 Å². The van der Waals surface area contributed by atoms with Gasteiger partial charge < -0.3 is 4.90 Å². The Kier molecular flexibility index (Phi) is 6.58. The summed E-state index contributed by atoms with van der Waals surface area (Å²) in [6.45, 7) is 2.98. The van der Waals surface area contributed by atoms with Gasteiger partial charge in [0.15, 0.2) is 0 Å². The molecule has 2 rings (SSSR count). The molecule has 4 heteroatoms. The third-order valence-corrected chi connectivity index (χ3v) is 4.75. The van der Waals surface area contributed by atoms with Crippen molar-refractivity contribution < 1.29 is 4.79 Å². The SMILES string of the molecule is CSCCCCN1C(=O)C(CCc2ccccc2)NC1C. The minimum Gasteiger partial charge on any atom is -0.326 e. The molecule has 1 aromatic rings. The van der Waals surface area contributed by atoms with Crippen molar-refractivity contribution in [1.82, 2.24) is 10.2 Å². The molecule has 0 spiro atoms. The van der Waals surface area contributed by atoms with Gasteiger partial charge in [-0.3, -0.25) is 10.1 Å². The molecule has 0 aromatic heterocycles. The monoisotopic (exact) mass is 306 g/mol. The molecule has 1 aliphatic rings. The first-order valence-electron chi connectivity index (χ1n) is 7.81. The molecule has 0 radical (unpaired) electrons. The average molecular weight is 306 g/mol. The molecule has 1 N–H and O–H groups in total. The highest BCUT2D eigenvalue weighted by molar-refractivity contribution is 7.98. The van der Waals surface area contributed by atoms with E-state index in [-0.39, 0.29) is 18.1 Å². The van der Waals surface area contributed by atoms with Gasteiger partial charge >= 0.3 is 0 Å². The first-order chi connectivity index (χ1) is 10.2. The number of benzene rings is 1. The van der Waals surface area contributed by atoms with Crippen LogP contribution in [0.5, 0.6) is 0 Å². The predicted octanol–water partition coefficient (Wildman–Crippen LogP) is 2.91. The highest BCUT2D eigenvalue weighted by Crippen LogP contribution is 2.16. The van der Waals surface area contributed by atoms with Crippen molar-refractivity contribution in [2.24, 2.45) is 0 Å². The lowest BCUT2D eigenvalue weighted by Crippen LogP contribution is -2.35. The second-order valence-corrected chi connectivity index (χ2v) is 6.64. The predicted molar refractivity (Wildman–Crippen MR) is 90.5 cm³/mol. The Labute approximate surface area is 132 Å². The molecule has 21 heavy (non-hydrogen) atoms. The molecule has 1 amide bonds. The van der Waals surface area contributed by atoms with Crippen LogP contribution in [0.1, 0.15) is 31.7 Å². The number of carbonyl (C=O) groups is 1. The van der Waals surface area contributed by atoms with E-state index >= 15 is 0 Å². The zero-order valence-corrected chi connectivity index (χ0v) is 13.9. The van der Waals surface area contributed by atoms with Crippen LogP contribution in [0.25, 0.3) is 0 Å². The van der Waals surface area contributed by atoms with Crippen LogP contribution in [0.4, 0.5) is 0 Å². The Hall–Kier alpha value is -1.00. The van der Waals surface area contributed by atoms with Gasteiger partial charge in [0.05, 0.1) is 12.2 Å². The summed E-state index contributed by atoms with van der Waals surface area (Å²) < 4.78 is 0. The number of nitrogens with one attached hydrogen (secondary N) is 1. The zero-order chi connectivity index (χ0) is 15.1. The molecule has 2 unspecified atom stereocenters. The second kappa shape index (κ2) is 8.44. The summed E-state index contributed by atoms with van der Waals surface area (Å²) in [4.78, 5) is 14.5. The molecule has 1 fully saturated rings. The summed E-state index contributed by atoms with van der Waals surface area (Å²) in [6, 6.07) is 10.4. The van der Waals surface area contributed by atoms with E-state index < -0.39 is 0 Å². The molecular formula is C17H26N2OS. The van der Waals surface area contributed by atoms with Crippen LogP contribution in [0, 0.1) is 0 Å². The maximum absolute atomic E-state index is 12.5. The Morgan fingerprint density at radius 2 is 2.00 bits per heavy atom. The van der Waals surface area contributed by atoms with Crippen LogP contribution in [0.15, 0.2) is 30.3 Å². The van der Waals surface area contributed by atoms with Gasteiger partial charge in [-0.25, -0.2) is 0 Å². The van der Waals surface area contributed by atoms with Crippen molar-refractivity contribution in [3.63, 3.8) is 0 Å². The zero-order valence-electron chi connectivity index (χ0n) is 13.0. The normalized spacial score (nSPS) is 22.0. The minimum atomic E-state index is -0.0132. The van der Waals surface area contributed by atoms with E-state index in [9.17, 15) is 4.79 Å². The van der Waals surface area contributed by atoms with Crippen LogP contribution in [0.3, 0.4) is 0 Å². The fourth-order valence-corrected chi connectivity index (χ4v) is 3.33. The molecule has 1 aliphatic heterocycles. The Morgan fingerprint density at radius 3 is 2.71 bits per heavy atom. The molecule has 2 atom stereocenters. The summed E-state index contributed by atoms with van der Waals surface area (Å²) in [7, 11) is 0. The lowest BCUT2D eigenvalue weighted by Gasteiger charge is -2.20. The number of thioether (sulfide) groups is 1. The highest BCUT2D eigenvalue weighted by atomic mass is 32.2. The molecule has 1 heterocycles. The molecule has 0 saturated carbocycles. The number of unbranched alkanes of at least 4 members (excludes halogenated alkanes) is 1. The van der Waals surface area contributed by atoms with Gasteiger partial charge in [0.2, 0.25) is 5.91 Å².